The number of halogens is 2. The molecule has 1 rings (SSSR count). The van der Waals surface area contributed by atoms with Crippen molar-refractivity contribution in [3.63, 3.8) is 0 Å². The number of aromatic hydroxyl groups is 1. The van der Waals surface area contributed by atoms with E-state index in [0.29, 0.717) is 0 Å². The number of aromatic carboxylic acids is 1. The van der Waals surface area contributed by atoms with Crippen molar-refractivity contribution < 1.29 is 66.4 Å². The number of benzene rings is 1. The summed E-state index contributed by atoms with van der Waals surface area (Å²) in [5.41, 5.74) is -0.482. The normalized spacial score (nSPS) is 9.08. The SMILES string of the molecule is O=C([O-])c1c(Cl)ccc(Cl)c1O.[K+]. The molecule has 0 unspecified atom stereocenters. The van der Waals surface area contributed by atoms with Gasteiger partial charge in [-0.2, -0.15) is 0 Å². The van der Waals surface area contributed by atoms with Crippen molar-refractivity contribution in [1.82, 2.24) is 0 Å². The van der Waals surface area contributed by atoms with Gasteiger partial charge in [0.1, 0.15) is 5.75 Å². The molecule has 64 valence electrons. The largest absolute Gasteiger partial charge is 1.00 e. The molecule has 0 saturated carbocycles. The zero-order chi connectivity index (χ0) is 9.30. The van der Waals surface area contributed by atoms with Crippen molar-refractivity contribution in [2.24, 2.45) is 0 Å². The maximum absolute atomic E-state index is 10.4. The number of hydrogen-bond acceptors (Lipinski definition) is 3. The Morgan fingerprint density at radius 2 is 1.77 bits per heavy atom. The van der Waals surface area contributed by atoms with Gasteiger partial charge in [-0.15, -0.1) is 0 Å². The minimum atomic E-state index is -1.56. The second kappa shape index (κ2) is 5.55. The molecule has 0 heterocycles. The van der Waals surface area contributed by atoms with Crippen molar-refractivity contribution in [1.29, 1.82) is 0 Å². The monoisotopic (exact) mass is 244 g/mol. The van der Waals surface area contributed by atoms with E-state index in [1.165, 1.54) is 12.1 Å². The Labute approximate surface area is 127 Å². The fourth-order valence-electron chi connectivity index (χ4n) is 0.735. The number of phenols is 1. The van der Waals surface area contributed by atoms with E-state index in [9.17, 15) is 9.90 Å². The van der Waals surface area contributed by atoms with Crippen molar-refractivity contribution in [3.05, 3.63) is 27.7 Å². The summed E-state index contributed by atoms with van der Waals surface area (Å²) in [6, 6.07) is 2.57. The van der Waals surface area contributed by atoms with E-state index < -0.39 is 17.3 Å². The standard InChI is InChI=1S/C7H4Cl2O3.K/c8-3-1-2-4(9)6(10)5(3)7(11)12;/h1-2,10H,(H,11,12);/q;+1/p-1. The number of carboxylic acid groups (broad SMARTS) is 1. The van der Waals surface area contributed by atoms with Crippen molar-refractivity contribution in [3.8, 4) is 5.75 Å². The molecule has 3 nitrogen and oxygen atoms in total. The van der Waals surface area contributed by atoms with E-state index in [2.05, 4.69) is 0 Å². The Morgan fingerprint density at radius 1 is 1.31 bits per heavy atom. The molecule has 0 aromatic heterocycles. The van der Waals surface area contributed by atoms with E-state index in [-0.39, 0.29) is 61.4 Å². The topological polar surface area (TPSA) is 60.4 Å². The molecule has 0 radical (unpaired) electrons. The first-order valence-electron chi connectivity index (χ1n) is 2.92. The maximum atomic E-state index is 10.4. The van der Waals surface area contributed by atoms with Crippen LogP contribution in [0.5, 0.6) is 5.75 Å². The molecule has 0 aliphatic rings. The molecule has 0 amide bonds. The average molecular weight is 245 g/mol. The fourth-order valence-corrected chi connectivity index (χ4v) is 1.12. The van der Waals surface area contributed by atoms with Crippen molar-refractivity contribution in [2.75, 3.05) is 0 Å². The van der Waals surface area contributed by atoms with Gasteiger partial charge in [-0.25, -0.2) is 0 Å². The van der Waals surface area contributed by atoms with Crippen LogP contribution in [0.4, 0.5) is 0 Å². The molecule has 13 heavy (non-hydrogen) atoms. The predicted molar refractivity (Wildman–Crippen MR) is 42.5 cm³/mol. The third kappa shape index (κ3) is 3.09. The van der Waals surface area contributed by atoms with E-state index in [0.717, 1.165) is 0 Å². The van der Waals surface area contributed by atoms with E-state index in [1.807, 2.05) is 0 Å². The van der Waals surface area contributed by atoms with Crippen LogP contribution >= 0.6 is 23.2 Å². The first kappa shape index (κ1) is 13.7. The van der Waals surface area contributed by atoms with Gasteiger partial charge < -0.3 is 15.0 Å². The van der Waals surface area contributed by atoms with Crippen LogP contribution in [0.15, 0.2) is 12.1 Å². The summed E-state index contributed by atoms with van der Waals surface area (Å²) >= 11 is 10.9. The van der Waals surface area contributed by atoms with Crippen molar-refractivity contribution >= 4 is 29.2 Å². The molecule has 0 aliphatic heterocycles. The summed E-state index contributed by atoms with van der Waals surface area (Å²) in [5.74, 6) is -2.12. The number of hydrogen-bond donors (Lipinski definition) is 1. The molecule has 0 saturated heterocycles. The van der Waals surface area contributed by atoms with Crippen molar-refractivity contribution in [2.45, 2.75) is 0 Å². The average Bonchev–Trinajstić information content (AvgIpc) is 1.97. The van der Waals surface area contributed by atoms with Crippen LogP contribution in [-0.4, -0.2) is 11.1 Å². The minimum Gasteiger partial charge on any atom is -0.545 e. The summed E-state index contributed by atoms with van der Waals surface area (Å²) in [4.78, 5) is 10.4. The quantitative estimate of drug-likeness (QED) is 0.586. The third-order valence-electron chi connectivity index (χ3n) is 1.28. The summed E-state index contributed by atoms with van der Waals surface area (Å²) in [7, 11) is 0. The molecular weight excluding hydrogens is 242 g/mol. The van der Waals surface area contributed by atoms with Crippen LogP contribution in [0.25, 0.3) is 0 Å². The Bertz CT molecular complexity index is 341. The molecule has 1 aromatic carbocycles. The van der Waals surface area contributed by atoms with Gasteiger partial charge >= 0.3 is 51.4 Å². The molecule has 0 aliphatic carbocycles. The van der Waals surface area contributed by atoms with Gasteiger partial charge in [-0.1, -0.05) is 23.2 Å². The molecular formula is C7H3Cl2KO3. The van der Waals surface area contributed by atoms with Gasteiger partial charge in [0.2, 0.25) is 0 Å². The molecule has 0 spiro atoms. The number of carbonyl (C=O) groups is 1. The molecule has 1 aromatic rings. The minimum absolute atomic E-state index is 0. The summed E-state index contributed by atoms with van der Waals surface area (Å²) in [6.07, 6.45) is 0. The summed E-state index contributed by atoms with van der Waals surface area (Å²) < 4.78 is 0. The maximum Gasteiger partial charge on any atom is 1.00 e. The Balaban J connectivity index is 0.00000144. The Morgan fingerprint density at radius 3 is 2.15 bits per heavy atom. The van der Waals surface area contributed by atoms with Gasteiger partial charge in [0.15, 0.2) is 0 Å². The Hall–Kier alpha value is 0.706. The zero-order valence-corrected chi connectivity index (χ0v) is 11.3. The third-order valence-corrected chi connectivity index (χ3v) is 1.90. The predicted octanol–water partition coefficient (Wildman–Crippen LogP) is -1.93. The van der Waals surface area contributed by atoms with Gasteiger partial charge in [0.05, 0.1) is 21.6 Å². The van der Waals surface area contributed by atoms with E-state index in [1.54, 1.807) is 0 Å². The van der Waals surface area contributed by atoms with Crippen LogP contribution in [0, 0.1) is 0 Å². The zero-order valence-electron chi connectivity index (χ0n) is 6.67. The van der Waals surface area contributed by atoms with Crippen LogP contribution < -0.4 is 56.5 Å². The van der Waals surface area contributed by atoms with E-state index in [4.69, 9.17) is 28.3 Å². The first-order valence-corrected chi connectivity index (χ1v) is 3.68. The molecule has 1 N–H and O–H groups in total. The molecule has 0 fully saturated rings. The van der Waals surface area contributed by atoms with Gasteiger partial charge in [-0.3, -0.25) is 0 Å². The number of rotatable bonds is 1. The molecule has 6 heteroatoms. The fraction of sp³-hybridized carbons (Fsp3) is 0. The summed E-state index contributed by atoms with van der Waals surface area (Å²) in [6.45, 7) is 0. The number of carboxylic acids is 1. The van der Waals surface area contributed by atoms with Crippen LogP contribution in [0.2, 0.25) is 10.0 Å². The van der Waals surface area contributed by atoms with Gasteiger partial charge in [0.25, 0.3) is 0 Å². The first-order chi connectivity index (χ1) is 5.54. The second-order valence-electron chi connectivity index (χ2n) is 2.04. The molecule has 0 bridgehead atoms. The summed E-state index contributed by atoms with van der Waals surface area (Å²) in [5, 5.41) is 19.3. The van der Waals surface area contributed by atoms with Crippen LogP contribution in [0.3, 0.4) is 0 Å². The van der Waals surface area contributed by atoms with Gasteiger partial charge in [0, 0.05) is 0 Å². The van der Waals surface area contributed by atoms with Crippen LogP contribution in [0.1, 0.15) is 10.4 Å². The molecule has 0 atom stereocenters. The smallest absolute Gasteiger partial charge is 0.545 e. The Kier molecular flexibility index (Phi) is 5.86. The van der Waals surface area contributed by atoms with Gasteiger partial charge in [-0.05, 0) is 12.1 Å². The van der Waals surface area contributed by atoms with E-state index >= 15 is 0 Å². The van der Waals surface area contributed by atoms with Crippen LogP contribution in [-0.2, 0) is 0 Å². The number of carbonyl (C=O) groups excluding carboxylic acids is 1. The second-order valence-corrected chi connectivity index (χ2v) is 2.85.